The second-order valence-corrected chi connectivity index (χ2v) is 7.42. The largest absolute Gasteiger partial charge is 0.337 e. The second kappa shape index (κ2) is 6.81. The van der Waals surface area contributed by atoms with Gasteiger partial charge in [0.1, 0.15) is 5.82 Å². The van der Waals surface area contributed by atoms with Gasteiger partial charge in [0.05, 0.1) is 10.5 Å². The number of halogens is 1. The first-order chi connectivity index (χ1) is 12.3. The van der Waals surface area contributed by atoms with Crippen LogP contribution in [0.25, 0.3) is 10.8 Å². The molecule has 0 bridgehead atoms. The van der Waals surface area contributed by atoms with Crippen LogP contribution in [-0.2, 0) is 16.6 Å². The number of fused-ring (bicyclic) bond motifs is 1. The molecule has 1 heterocycles. The molecule has 0 aliphatic rings. The van der Waals surface area contributed by atoms with Crippen LogP contribution < -0.4 is 5.14 Å². The van der Waals surface area contributed by atoms with Crippen LogP contribution in [0.15, 0.2) is 59.8 Å². The number of benzene rings is 2. The van der Waals surface area contributed by atoms with Gasteiger partial charge in [0, 0.05) is 31.4 Å². The van der Waals surface area contributed by atoms with Gasteiger partial charge in [-0.2, -0.15) is 0 Å². The first kappa shape index (κ1) is 18.0. The number of sulfonamides is 1. The Morgan fingerprint density at radius 1 is 1.23 bits per heavy atom. The van der Waals surface area contributed by atoms with Crippen LogP contribution in [-0.4, -0.2) is 31.3 Å². The number of hydrogen-bond acceptors (Lipinski definition) is 4. The van der Waals surface area contributed by atoms with Gasteiger partial charge >= 0.3 is 0 Å². The molecule has 0 atom stereocenters. The lowest BCUT2D eigenvalue weighted by Crippen LogP contribution is -2.27. The molecule has 0 saturated carbocycles. The van der Waals surface area contributed by atoms with Crippen molar-refractivity contribution in [3.05, 3.63) is 71.8 Å². The highest BCUT2D eigenvalue weighted by Crippen LogP contribution is 2.21. The van der Waals surface area contributed by atoms with E-state index < -0.39 is 21.7 Å². The number of primary sulfonamides is 1. The normalized spacial score (nSPS) is 11.5. The number of pyridine rings is 1. The van der Waals surface area contributed by atoms with Crippen molar-refractivity contribution in [2.75, 3.05) is 7.05 Å². The maximum absolute atomic E-state index is 14.1. The standard InChI is InChI=1S/C18H16FN3O3S/c1-22(11-13-4-2-3-12-10-21-8-7-15(12)13)18(23)16-9-14(26(20,24)25)5-6-17(16)19/h2-10H,11H2,1H3,(H2,20,24,25). The van der Waals surface area contributed by atoms with E-state index >= 15 is 0 Å². The fraction of sp³-hybridized carbons (Fsp3) is 0.111. The number of rotatable bonds is 4. The van der Waals surface area contributed by atoms with Crippen LogP contribution in [0.1, 0.15) is 15.9 Å². The first-order valence-corrected chi connectivity index (χ1v) is 9.21. The summed E-state index contributed by atoms with van der Waals surface area (Å²) in [5, 5.41) is 6.91. The molecule has 26 heavy (non-hydrogen) atoms. The van der Waals surface area contributed by atoms with E-state index in [1.807, 2.05) is 24.3 Å². The summed E-state index contributed by atoms with van der Waals surface area (Å²) in [6.07, 6.45) is 3.37. The van der Waals surface area contributed by atoms with E-state index in [-0.39, 0.29) is 17.0 Å². The summed E-state index contributed by atoms with van der Waals surface area (Å²) in [6.45, 7) is 0.221. The van der Waals surface area contributed by atoms with Crippen LogP contribution in [0.2, 0.25) is 0 Å². The summed E-state index contributed by atoms with van der Waals surface area (Å²) >= 11 is 0. The minimum Gasteiger partial charge on any atom is -0.337 e. The molecule has 8 heteroatoms. The summed E-state index contributed by atoms with van der Waals surface area (Å²) in [6, 6.07) is 10.4. The van der Waals surface area contributed by atoms with E-state index in [0.717, 1.165) is 34.5 Å². The highest BCUT2D eigenvalue weighted by Gasteiger charge is 2.20. The van der Waals surface area contributed by atoms with Crippen LogP contribution in [0, 0.1) is 5.82 Å². The predicted molar refractivity (Wildman–Crippen MR) is 95.3 cm³/mol. The molecule has 1 amide bonds. The first-order valence-electron chi connectivity index (χ1n) is 7.67. The molecule has 0 unspecified atom stereocenters. The van der Waals surface area contributed by atoms with Crippen LogP contribution >= 0.6 is 0 Å². The fourth-order valence-corrected chi connectivity index (χ4v) is 3.25. The van der Waals surface area contributed by atoms with Gasteiger partial charge in [-0.1, -0.05) is 18.2 Å². The van der Waals surface area contributed by atoms with Crippen molar-refractivity contribution >= 4 is 26.7 Å². The molecule has 1 aromatic heterocycles. The van der Waals surface area contributed by atoms with Crippen molar-refractivity contribution in [2.24, 2.45) is 5.14 Å². The summed E-state index contributed by atoms with van der Waals surface area (Å²) in [5.41, 5.74) is 0.518. The van der Waals surface area contributed by atoms with Crippen LogP contribution in [0.5, 0.6) is 0 Å². The lowest BCUT2D eigenvalue weighted by Gasteiger charge is -2.19. The van der Waals surface area contributed by atoms with E-state index in [1.54, 1.807) is 12.4 Å². The summed E-state index contributed by atoms with van der Waals surface area (Å²) in [7, 11) is -2.51. The predicted octanol–water partition coefficient (Wildman–Crippen LogP) is 2.29. The number of carbonyl (C=O) groups is 1. The maximum Gasteiger partial charge on any atom is 0.256 e. The van der Waals surface area contributed by atoms with Gasteiger partial charge in [0.15, 0.2) is 0 Å². The van der Waals surface area contributed by atoms with Crippen molar-refractivity contribution in [2.45, 2.75) is 11.4 Å². The molecule has 0 radical (unpaired) electrons. The zero-order valence-corrected chi connectivity index (χ0v) is 14.7. The molecule has 3 rings (SSSR count). The monoisotopic (exact) mass is 373 g/mol. The van der Waals surface area contributed by atoms with E-state index in [2.05, 4.69) is 4.98 Å². The highest BCUT2D eigenvalue weighted by molar-refractivity contribution is 7.89. The minimum atomic E-state index is -4.03. The third-order valence-corrected chi connectivity index (χ3v) is 4.93. The number of aromatic nitrogens is 1. The number of nitrogens with two attached hydrogens (primary N) is 1. The van der Waals surface area contributed by atoms with Gasteiger partial charge in [0.2, 0.25) is 10.0 Å². The number of hydrogen-bond donors (Lipinski definition) is 1. The number of carbonyl (C=O) groups excluding carboxylic acids is 1. The van der Waals surface area contributed by atoms with Gasteiger partial charge in [-0.3, -0.25) is 9.78 Å². The van der Waals surface area contributed by atoms with Crippen molar-refractivity contribution in [3.8, 4) is 0 Å². The summed E-state index contributed by atoms with van der Waals surface area (Å²) < 4.78 is 37.0. The Bertz CT molecular complexity index is 1090. The molecule has 0 aliphatic heterocycles. The fourth-order valence-electron chi connectivity index (χ4n) is 2.71. The van der Waals surface area contributed by atoms with E-state index in [9.17, 15) is 17.6 Å². The van der Waals surface area contributed by atoms with E-state index in [1.165, 1.54) is 11.9 Å². The Labute approximate surface area is 150 Å². The Kier molecular flexibility index (Phi) is 4.71. The molecular weight excluding hydrogens is 357 g/mol. The highest BCUT2D eigenvalue weighted by atomic mass is 32.2. The topological polar surface area (TPSA) is 93.4 Å². The molecule has 3 aromatic rings. The SMILES string of the molecule is CN(Cc1cccc2cnccc12)C(=O)c1cc(S(N)(=O)=O)ccc1F. The molecule has 2 aromatic carbocycles. The van der Waals surface area contributed by atoms with Crippen molar-refractivity contribution in [1.82, 2.24) is 9.88 Å². The molecule has 2 N–H and O–H groups in total. The molecule has 0 spiro atoms. The van der Waals surface area contributed by atoms with Crippen LogP contribution in [0.4, 0.5) is 4.39 Å². The molecular formula is C18H16FN3O3S. The zero-order valence-electron chi connectivity index (χ0n) is 13.9. The summed E-state index contributed by atoms with van der Waals surface area (Å²) in [5.74, 6) is -1.45. The third-order valence-electron chi connectivity index (χ3n) is 4.02. The Hall–Kier alpha value is -2.84. The lowest BCUT2D eigenvalue weighted by atomic mass is 10.1. The van der Waals surface area contributed by atoms with Crippen LogP contribution in [0.3, 0.4) is 0 Å². The Morgan fingerprint density at radius 2 is 2.00 bits per heavy atom. The molecule has 134 valence electrons. The summed E-state index contributed by atoms with van der Waals surface area (Å²) in [4.78, 5) is 17.7. The van der Waals surface area contributed by atoms with E-state index in [0.29, 0.717) is 0 Å². The quantitative estimate of drug-likeness (QED) is 0.759. The smallest absolute Gasteiger partial charge is 0.256 e. The second-order valence-electron chi connectivity index (χ2n) is 5.86. The molecule has 0 fully saturated rings. The average molecular weight is 373 g/mol. The van der Waals surface area contributed by atoms with Gasteiger partial charge in [0.25, 0.3) is 5.91 Å². The van der Waals surface area contributed by atoms with Gasteiger partial charge in [-0.05, 0) is 35.2 Å². The lowest BCUT2D eigenvalue weighted by molar-refractivity contribution is 0.0780. The van der Waals surface area contributed by atoms with Gasteiger partial charge in [-0.25, -0.2) is 17.9 Å². The maximum atomic E-state index is 14.1. The van der Waals surface area contributed by atoms with E-state index in [4.69, 9.17) is 5.14 Å². The van der Waals surface area contributed by atoms with Crippen molar-refractivity contribution in [1.29, 1.82) is 0 Å². The van der Waals surface area contributed by atoms with Crippen molar-refractivity contribution in [3.63, 3.8) is 0 Å². The third kappa shape index (κ3) is 3.56. The van der Waals surface area contributed by atoms with Gasteiger partial charge in [-0.15, -0.1) is 0 Å². The Balaban J connectivity index is 1.93. The van der Waals surface area contributed by atoms with Gasteiger partial charge < -0.3 is 4.90 Å². The average Bonchev–Trinajstić information content (AvgIpc) is 2.61. The molecule has 0 saturated heterocycles. The zero-order chi connectivity index (χ0) is 18.9. The molecule has 6 nitrogen and oxygen atoms in total. The minimum absolute atomic E-state index is 0.221. The number of nitrogens with zero attached hydrogens (tertiary/aromatic N) is 2. The van der Waals surface area contributed by atoms with Crippen molar-refractivity contribution < 1.29 is 17.6 Å². The Morgan fingerprint density at radius 3 is 2.73 bits per heavy atom. The molecule has 0 aliphatic carbocycles. The number of amides is 1.